The summed E-state index contributed by atoms with van der Waals surface area (Å²) >= 11 is 0. The monoisotopic (exact) mass is 274 g/mol. The van der Waals surface area contributed by atoms with E-state index >= 15 is 0 Å². The topological polar surface area (TPSA) is 82.1 Å². The molecule has 1 aliphatic heterocycles. The summed E-state index contributed by atoms with van der Waals surface area (Å²) < 4.78 is 0. The number of aromatic amines is 1. The molecule has 1 aliphatic carbocycles. The summed E-state index contributed by atoms with van der Waals surface area (Å²) in [5, 5.41) is 8.05. The summed E-state index contributed by atoms with van der Waals surface area (Å²) in [6.45, 7) is 2.07. The molecule has 1 spiro atoms. The fraction of sp³-hybridized carbons (Fsp3) is 0.500. The van der Waals surface area contributed by atoms with Gasteiger partial charge in [-0.3, -0.25) is 4.79 Å². The zero-order valence-corrected chi connectivity index (χ0v) is 11.2. The lowest BCUT2D eigenvalue weighted by Crippen LogP contribution is -2.37. The molecule has 2 fully saturated rings. The van der Waals surface area contributed by atoms with Crippen molar-refractivity contribution in [1.82, 2.24) is 15.0 Å². The molecule has 2 aromatic heterocycles. The minimum atomic E-state index is -0.250. The molecule has 2 aromatic rings. The lowest BCUT2D eigenvalue weighted by Gasteiger charge is -2.34. The zero-order valence-electron chi connectivity index (χ0n) is 11.2. The van der Waals surface area contributed by atoms with E-state index in [1.165, 1.54) is 32.2 Å². The first-order chi connectivity index (χ1) is 9.78. The van der Waals surface area contributed by atoms with Gasteiger partial charge < -0.3 is 15.0 Å². The molecule has 6 heteroatoms. The smallest absolute Gasteiger partial charge is 0.290 e. The highest BCUT2D eigenvalue weighted by atomic mass is 16.3. The van der Waals surface area contributed by atoms with Crippen LogP contribution in [0.2, 0.25) is 0 Å². The van der Waals surface area contributed by atoms with Gasteiger partial charge in [0, 0.05) is 19.3 Å². The van der Waals surface area contributed by atoms with E-state index in [2.05, 4.69) is 25.9 Å². The summed E-state index contributed by atoms with van der Waals surface area (Å²) in [4.78, 5) is 22.7. The number of rotatable bonds is 1. The fourth-order valence-corrected chi connectivity index (χ4v) is 3.08. The molecule has 2 aliphatic rings. The SMILES string of the molecule is O=CO.c1nc(N2CCCC3(CC3)C2)c2cc[nH]c2n1. The van der Waals surface area contributed by atoms with Crippen LogP contribution in [0.1, 0.15) is 25.7 Å². The highest BCUT2D eigenvalue weighted by molar-refractivity contribution is 5.87. The van der Waals surface area contributed by atoms with Gasteiger partial charge in [0.1, 0.15) is 17.8 Å². The third kappa shape index (κ3) is 2.33. The van der Waals surface area contributed by atoms with Crippen molar-refractivity contribution in [1.29, 1.82) is 0 Å². The number of H-pyrrole nitrogens is 1. The molecule has 4 rings (SSSR count). The molecule has 0 amide bonds. The van der Waals surface area contributed by atoms with Gasteiger partial charge in [0.25, 0.3) is 6.47 Å². The Morgan fingerprint density at radius 1 is 1.35 bits per heavy atom. The molecule has 6 nitrogen and oxygen atoms in total. The number of hydrogen-bond donors (Lipinski definition) is 2. The molecule has 0 atom stereocenters. The summed E-state index contributed by atoms with van der Waals surface area (Å²) in [5.74, 6) is 1.11. The van der Waals surface area contributed by atoms with Gasteiger partial charge in [0.2, 0.25) is 0 Å². The Kier molecular flexibility index (Phi) is 3.30. The van der Waals surface area contributed by atoms with Gasteiger partial charge in [-0.2, -0.15) is 0 Å². The molecular formula is C14H18N4O2. The van der Waals surface area contributed by atoms with Gasteiger partial charge in [0.15, 0.2) is 0 Å². The minimum absolute atomic E-state index is 0.250. The van der Waals surface area contributed by atoms with Gasteiger partial charge in [-0.05, 0) is 37.2 Å². The van der Waals surface area contributed by atoms with Crippen molar-refractivity contribution in [2.24, 2.45) is 5.41 Å². The summed E-state index contributed by atoms with van der Waals surface area (Å²) in [6.07, 6.45) is 9.14. The number of nitrogens with zero attached hydrogens (tertiary/aromatic N) is 3. The molecule has 0 bridgehead atoms. The van der Waals surface area contributed by atoms with Gasteiger partial charge in [-0.15, -0.1) is 0 Å². The van der Waals surface area contributed by atoms with Crippen LogP contribution in [-0.4, -0.2) is 39.6 Å². The van der Waals surface area contributed by atoms with E-state index < -0.39 is 0 Å². The molecule has 1 saturated heterocycles. The average Bonchev–Trinajstić information content (AvgIpc) is 3.03. The van der Waals surface area contributed by atoms with Crippen LogP contribution in [0, 0.1) is 5.41 Å². The second-order valence-corrected chi connectivity index (χ2v) is 5.57. The maximum absolute atomic E-state index is 8.36. The first-order valence-corrected chi connectivity index (χ1v) is 6.89. The Labute approximate surface area is 116 Å². The normalized spacial score (nSPS) is 19.5. The van der Waals surface area contributed by atoms with Gasteiger partial charge in [0.05, 0.1) is 5.39 Å². The Bertz CT molecular complexity index is 606. The van der Waals surface area contributed by atoms with Crippen LogP contribution in [0.5, 0.6) is 0 Å². The Morgan fingerprint density at radius 3 is 2.90 bits per heavy atom. The third-order valence-electron chi connectivity index (χ3n) is 4.25. The van der Waals surface area contributed by atoms with E-state index in [1.54, 1.807) is 6.33 Å². The number of nitrogens with one attached hydrogen (secondary N) is 1. The van der Waals surface area contributed by atoms with E-state index in [0.717, 1.165) is 23.4 Å². The van der Waals surface area contributed by atoms with E-state index in [9.17, 15) is 0 Å². The minimum Gasteiger partial charge on any atom is -0.483 e. The number of hydrogen-bond acceptors (Lipinski definition) is 4. The fourth-order valence-electron chi connectivity index (χ4n) is 3.08. The predicted molar refractivity (Wildman–Crippen MR) is 75.7 cm³/mol. The number of anilines is 1. The van der Waals surface area contributed by atoms with E-state index in [4.69, 9.17) is 9.90 Å². The number of carboxylic acid groups (broad SMARTS) is 1. The molecule has 0 unspecified atom stereocenters. The molecule has 0 radical (unpaired) electrons. The van der Waals surface area contributed by atoms with Crippen LogP contribution in [0.3, 0.4) is 0 Å². The quantitative estimate of drug-likeness (QED) is 0.778. The lowest BCUT2D eigenvalue weighted by atomic mass is 9.95. The van der Waals surface area contributed by atoms with E-state index in [0.29, 0.717) is 5.41 Å². The van der Waals surface area contributed by atoms with Crippen LogP contribution in [-0.2, 0) is 4.79 Å². The summed E-state index contributed by atoms with van der Waals surface area (Å²) in [6, 6.07) is 2.08. The molecule has 1 saturated carbocycles. The van der Waals surface area contributed by atoms with Gasteiger partial charge in [-0.25, -0.2) is 9.97 Å². The van der Waals surface area contributed by atoms with Crippen molar-refractivity contribution in [3.05, 3.63) is 18.6 Å². The Balaban J connectivity index is 0.000000373. The maximum atomic E-state index is 8.36. The summed E-state index contributed by atoms with van der Waals surface area (Å²) in [5.41, 5.74) is 1.58. The van der Waals surface area contributed by atoms with E-state index in [1.807, 2.05) is 6.20 Å². The Morgan fingerprint density at radius 2 is 2.15 bits per heavy atom. The van der Waals surface area contributed by atoms with Gasteiger partial charge >= 0.3 is 0 Å². The van der Waals surface area contributed by atoms with Crippen molar-refractivity contribution in [3.8, 4) is 0 Å². The second-order valence-electron chi connectivity index (χ2n) is 5.57. The third-order valence-corrected chi connectivity index (χ3v) is 4.25. The summed E-state index contributed by atoms with van der Waals surface area (Å²) in [7, 11) is 0. The highest BCUT2D eigenvalue weighted by Gasteiger charge is 2.45. The van der Waals surface area contributed by atoms with Crippen molar-refractivity contribution in [2.75, 3.05) is 18.0 Å². The maximum Gasteiger partial charge on any atom is 0.290 e. The van der Waals surface area contributed by atoms with Crippen molar-refractivity contribution in [3.63, 3.8) is 0 Å². The first kappa shape index (κ1) is 12.9. The lowest BCUT2D eigenvalue weighted by molar-refractivity contribution is -0.122. The Hall–Kier alpha value is -2.11. The highest BCUT2D eigenvalue weighted by Crippen LogP contribution is 2.52. The van der Waals surface area contributed by atoms with Crippen molar-refractivity contribution in [2.45, 2.75) is 25.7 Å². The number of carbonyl (C=O) groups is 1. The number of aromatic nitrogens is 3. The molecular weight excluding hydrogens is 256 g/mol. The largest absolute Gasteiger partial charge is 0.483 e. The van der Waals surface area contributed by atoms with Crippen LogP contribution < -0.4 is 4.90 Å². The molecule has 0 aromatic carbocycles. The molecule has 3 heterocycles. The molecule has 2 N–H and O–H groups in total. The average molecular weight is 274 g/mol. The van der Waals surface area contributed by atoms with Crippen molar-refractivity contribution < 1.29 is 9.90 Å². The molecule has 20 heavy (non-hydrogen) atoms. The second kappa shape index (κ2) is 5.11. The standard InChI is InChI=1S/C13H16N4.CH2O2/c1-3-13(4-5-13)8-17(7-1)12-10-2-6-14-11(10)15-9-16-12;2-1-3/h2,6,9H,1,3-5,7-8H2,(H,14,15,16);1H,(H,2,3). The van der Waals surface area contributed by atoms with Crippen LogP contribution in [0.4, 0.5) is 5.82 Å². The number of piperidine rings is 1. The van der Waals surface area contributed by atoms with Crippen molar-refractivity contribution >= 4 is 23.3 Å². The number of fused-ring (bicyclic) bond motifs is 1. The van der Waals surface area contributed by atoms with Crippen LogP contribution >= 0.6 is 0 Å². The predicted octanol–water partition coefficient (Wildman–Crippen LogP) is 2.04. The first-order valence-electron chi connectivity index (χ1n) is 6.89. The zero-order chi connectivity index (χ0) is 14.0. The van der Waals surface area contributed by atoms with E-state index in [-0.39, 0.29) is 6.47 Å². The van der Waals surface area contributed by atoms with Crippen LogP contribution in [0.15, 0.2) is 18.6 Å². The molecule has 106 valence electrons. The van der Waals surface area contributed by atoms with Crippen LogP contribution in [0.25, 0.3) is 11.0 Å². The van der Waals surface area contributed by atoms with Gasteiger partial charge in [-0.1, -0.05) is 0 Å².